The summed E-state index contributed by atoms with van der Waals surface area (Å²) in [4.78, 5) is 12.2. The number of aromatic nitrogens is 1. The Hall–Kier alpha value is -2.07. The monoisotopic (exact) mass is 300 g/mol. The quantitative estimate of drug-likeness (QED) is 0.724. The fourth-order valence-corrected chi connectivity index (χ4v) is 2.33. The Labute approximate surface area is 131 Å². The van der Waals surface area contributed by atoms with E-state index in [2.05, 4.69) is 12.1 Å². The molecule has 0 spiro atoms. The third-order valence-electron chi connectivity index (χ3n) is 3.55. The number of ether oxygens (including phenoxy) is 1. The van der Waals surface area contributed by atoms with Gasteiger partial charge in [-0.1, -0.05) is 30.3 Å². The van der Waals surface area contributed by atoms with Gasteiger partial charge in [0.05, 0.1) is 6.61 Å². The maximum absolute atomic E-state index is 12.2. The van der Waals surface area contributed by atoms with Crippen molar-refractivity contribution in [2.45, 2.75) is 32.2 Å². The van der Waals surface area contributed by atoms with Gasteiger partial charge in [-0.05, 0) is 49.9 Å². The van der Waals surface area contributed by atoms with Crippen LogP contribution in [0.4, 0.5) is 0 Å². The van der Waals surface area contributed by atoms with Crippen molar-refractivity contribution in [2.75, 3.05) is 13.2 Å². The van der Waals surface area contributed by atoms with Crippen molar-refractivity contribution in [1.82, 2.24) is 4.57 Å². The molecule has 0 saturated heterocycles. The molecule has 0 aliphatic carbocycles. The lowest BCUT2D eigenvalue weighted by molar-refractivity contribution is 0.304. The highest BCUT2D eigenvalue weighted by atomic mass is 16.5. The second kappa shape index (κ2) is 9.05. The average molecular weight is 300 g/mol. The van der Waals surface area contributed by atoms with Crippen LogP contribution in [0.3, 0.4) is 0 Å². The molecule has 4 heteroatoms. The summed E-state index contributed by atoms with van der Waals surface area (Å²) in [7, 11) is 0. The zero-order chi connectivity index (χ0) is 15.6. The number of aryl methyl sites for hydroxylation is 2. The number of nitrogens with two attached hydrogens (primary N) is 1. The molecule has 2 rings (SSSR count). The summed E-state index contributed by atoms with van der Waals surface area (Å²) in [5, 5.41) is 0. The van der Waals surface area contributed by atoms with Gasteiger partial charge < -0.3 is 15.0 Å². The topological polar surface area (TPSA) is 57.2 Å². The van der Waals surface area contributed by atoms with Gasteiger partial charge in [-0.3, -0.25) is 4.79 Å². The van der Waals surface area contributed by atoms with Gasteiger partial charge in [-0.2, -0.15) is 0 Å². The molecule has 1 heterocycles. The highest BCUT2D eigenvalue weighted by Gasteiger charge is 2.04. The van der Waals surface area contributed by atoms with E-state index in [0.29, 0.717) is 25.4 Å². The van der Waals surface area contributed by atoms with E-state index in [1.807, 2.05) is 24.3 Å². The molecular formula is C18H24N2O2. The number of rotatable bonds is 9. The highest BCUT2D eigenvalue weighted by molar-refractivity contribution is 5.17. The van der Waals surface area contributed by atoms with E-state index >= 15 is 0 Å². The molecule has 0 bridgehead atoms. The normalized spacial score (nSPS) is 10.6. The summed E-state index contributed by atoms with van der Waals surface area (Å²) >= 11 is 0. The molecule has 1 aromatic heterocycles. The first-order chi connectivity index (χ1) is 10.8. The SMILES string of the molecule is NCCCCn1cccc(OCCCc2ccccc2)c1=O. The smallest absolute Gasteiger partial charge is 0.292 e. The van der Waals surface area contributed by atoms with Crippen molar-refractivity contribution in [1.29, 1.82) is 0 Å². The lowest BCUT2D eigenvalue weighted by Gasteiger charge is -2.09. The van der Waals surface area contributed by atoms with E-state index in [0.717, 1.165) is 25.7 Å². The molecule has 118 valence electrons. The standard InChI is InChI=1S/C18H24N2O2/c19-12-4-5-13-20-14-6-11-17(18(20)21)22-15-7-10-16-8-2-1-3-9-16/h1-3,6,8-9,11,14H,4-5,7,10,12-13,15,19H2. The zero-order valence-electron chi connectivity index (χ0n) is 12.9. The second-order valence-corrected chi connectivity index (χ2v) is 5.30. The molecule has 0 aliphatic heterocycles. The largest absolute Gasteiger partial charge is 0.488 e. The summed E-state index contributed by atoms with van der Waals surface area (Å²) in [5.41, 5.74) is 6.71. The van der Waals surface area contributed by atoms with Crippen LogP contribution in [0.2, 0.25) is 0 Å². The van der Waals surface area contributed by atoms with Crippen molar-refractivity contribution in [2.24, 2.45) is 5.73 Å². The fraction of sp³-hybridized carbons (Fsp3) is 0.389. The van der Waals surface area contributed by atoms with Gasteiger partial charge in [0.15, 0.2) is 5.75 Å². The summed E-state index contributed by atoms with van der Waals surface area (Å²) in [6, 6.07) is 13.9. The van der Waals surface area contributed by atoms with Gasteiger partial charge in [0.1, 0.15) is 0 Å². The minimum atomic E-state index is -0.0563. The minimum Gasteiger partial charge on any atom is -0.488 e. The third kappa shape index (κ3) is 5.04. The third-order valence-corrected chi connectivity index (χ3v) is 3.55. The summed E-state index contributed by atoms with van der Waals surface area (Å²) in [6.07, 6.45) is 5.49. The van der Waals surface area contributed by atoms with Crippen LogP contribution in [0.25, 0.3) is 0 Å². The predicted molar refractivity (Wildman–Crippen MR) is 89.2 cm³/mol. The minimum absolute atomic E-state index is 0.0563. The maximum atomic E-state index is 12.2. The molecule has 0 atom stereocenters. The fourth-order valence-electron chi connectivity index (χ4n) is 2.33. The van der Waals surface area contributed by atoms with Crippen LogP contribution in [0.15, 0.2) is 53.5 Å². The van der Waals surface area contributed by atoms with Gasteiger partial charge in [-0.25, -0.2) is 0 Å². The molecule has 0 radical (unpaired) electrons. The van der Waals surface area contributed by atoms with Gasteiger partial charge in [-0.15, -0.1) is 0 Å². The number of nitrogens with zero attached hydrogens (tertiary/aromatic N) is 1. The van der Waals surface area contributed by atoms with E-state index in [1.54, 1.807) is 16.8 Å². The highest BCUT2D eigenvalue weighted by Crippen LogP contribution is 2.06. The molecule has 0 aliphatic rings. The Kier molecular flexibility index (Phi) is 6.71. The van der Waals surface area contributed by atoms with Crippen molar-refractivity contribution in [3.63, 3.8) is 0 Å². The van der Waals surface area contributed by atoms with Crippen molar-refractivity contribution >= 4 is 0 Å². The van der Waals surface area contributed by atoms with Crippen LogP contribution in [0, 0.1) is 0 Å². The maximum Gasteiger partial charge on any atom is 0.292 e. The van der Waals surface area contributed by atoms with Crippen molar-refractivity contribution in [3.05, 3.63) is 64.6 Å². The van der Waals surface area contributed by atoms with Gasteiger partial charge in [0.25, 0.3) is 5.56 Å². The lowest BCUT2D eigenvalue weighted by Crippen LogP contribution is -2.22. The van der Waals surface area contributed by atoms with Crippen LogP contribution in [0.5, 0.6) is 5.75 Å². The molecule has 0 fully saturated rings. The first-order valence-corrected chi connectivity index (χ1v) is 7.87. The molecule has 0 saturated carbocycles. The van der Waals surface area contributed by atoms with E-state index in [4.69, 9.17) is 10.5 Å². The van der Waals surface area contributed by atoms with Crippen LogP contribution < -0.4 is 16.0 Å². The molecule has 4 nitrogen and oxygen atoms in total. The van der Waals surface area contributed by atoms with E-state index in [9.17, 15) is 4.79 Å². The molecule has 1 aromatic carbocycles. The molecule has 0 unspecified atom stereocenters. The van der Waals surface area contributed by atoms with Crippen LogP contribution in [0.1, 0.15) is 24.8 Å². The summed E-state index contributed by atoms with van der Waals surface area (Å²) in [5.74, 6) is 0.434. The Morgan fingerprint density at radius 1 is 1.00 bits per heavy atom. The number of hydrogen-bond donors (Lipinski definition) is 1. The first kappa shape index (κ1) is 16.3. The lowest BCUT2D eigenvalue weighted by atomic mass is 10.1. The molecule has 2 N–H and O–H groups in total. The van der Waals surface area contributed by atoms with Crippen LogP contribution >= 0.6 is 0 Å². The summed E-state index contributed by atoms with van der Waals surface area (Å²) in [6.45, 7) is 1.90. The predicted octanol–water partition coefficient (Wildman–Crippen LogP) is 2.60. The molecule has 2 aromatic rings. The second-order valence-electron chi connectivity index (χ2n) is 5.30. The first-order valence-electron chi connectivity index (χ1n) is 7.87. The van der Waals surface area contributed by atoms with Crippen molar-refractivity contribution < 1.29 is 4.74 Å². The Bertz CT molecular complexity index is 608. The number of pyridine rings is 1. The van der Waals surface area contributed by atoms with E-state index in [1.165, 1.54) is 5.56 Å². The van der Waals surface area contributed by atoms with Crippen LogP contribution in [-0.2, 0) is 13.0 Å². The van der Waals surface area contributed by atoms with Gasteiger partial charge in [0, 0.05) is 12.7 Å². The average Bonchev–Trinajstić information content (AvgIpc) is 2.55. The zero-order valence-corrected chi connectivity index (χ0v) is 12.9. The molecule has 0 amide bonds. The van der Waals surface area contributed by atoms with E-state index < -0.39 is 0 Å². The van der Waals surface area contributed by atoms with Crippen molar-refractivity contribution in [3.8, 4) is 5.75 Å². The van der Waals surface area contributed by atoms with Crippen LogP contribution in [-0.4, -0.2) is 17.7 Å². The Morgan fingerprint density at radius 2 is 1.82 bits per heavy atom. The summed E-state index contributed by atoms with van der Waals surface area (Å²) < 4.78 is 7.34. The molecular weight excluding hydrogens is 276 g/mol. The van der Waals surface area contributed by atoms with Gasteiger partial charge in [0.2, 0.25) is 0 Å². The van der Waals surface area contributed by atoms with Gasteiger partial charge >= 0.3 is 0 Å². The number of hydrogen-bond acceptors (Lipinski definition) is 3. The number of unbranched alkanes of at least 4 members (excludes halogenated alkanes) is 1. The Balaban J connectivity index is 1.82. The Morgan fingerprint density at radius 3 is 2.59 bits per heavy atom. The molecule has 22 heavy (non-hydrogen) atoms. The van der Waals surface area contributed by atoms with E-state index in [-0.39, 0.29) is 5.56 Å². The number of benzene rings is 1.